The zero-order chi connectivity index (χ0) is 28.5. The monoisotopic (exact) mass is 557 g/mol. The Bertz CT molecular complexity index is 1140. The van der Waals surface area contributed by atoms with Gasteiger partial charge < -0.3 is 19.1 Å². The highest BCUT2D eigenvalue weighted by atomic mass is 28.3. The van der Waals surface area contributed by atoms with Gasteiger partial charge >= 0.3 is 12.1 Å². The maximum atomic E-state index is 13.6. The van der Waals surface area contributed by atoms with Crippen molar-refractivity contribution in [3.05, 3.63) is 58.0 Å². The molecule has 0 aliphatic carbocycles. The number of hydrogen-bond donors (Lipinski definition) is 0. The van der Waals surface area contributed by atoms with E-state index in [-0.39, 0.29) is 30.6 Å². The van der Waals surface area contributed by atoms with Gasteiger partial charge in [0.25, 0.3) is 11.3 Å². The number of nitrogens with zero attached hydrogens (tertiary/aromatic N) is 3. The molecule has 1 heterocycles. The first-order chi connectivity index (χ1) is 17.7. The van der Waals surface area contributed by atoms with Crippen molar-refractivity contribution in [1.29, 1.82) is 0 Å². The fraction of sp³-hybridized carbons (Fsp3) is 0.520. The Hall–Kier alpha value is -3.19. The van der Waals surface area contributed by atoms with Crippen LogP contribution in [0, 0.1) is 0 Å². The molecule has 1 atom stereocenters. The number of carbonyl (C=O) groups excluding carboxylic acids is 2. The van der Waals surface area contributed by atoms with Gasteiger partial charge in [-0.05, 0) is 25.5 Å². The molecule has 0 aliphatic heterocycles. The fourth-order valence-electron chi connectivity index (χ4n) is 3.14. The molecule has 13 heteroatoms. The van der Waals surface area contributed by atoms with Crippen LogP contribution in [0.1, 0.15) is 29.9 Å². The lowest BCUT2D eigenvalue weighted by Crippen LogP contribution is -2.50. The van der Waals surface area contributed by atoms with Crippen molar-refractivity contribution < 1.29 is 37.0 Å². The minimum atomic E-state index is -4.87. The second kappa shape index (κ2) is 13.6. The van der Waals surface area contributed by atoms with Crippen molar-refractivity contribution in [3.63, 3.8) is 0 Å². The van der Waals surface area contributed by atoms with Gasteiger partial charge in [-0.2, -0.15) is 18.3 Å². The van der Waals surface area contributed by atoms with Crippen LogP contribution in [0.15, 0.2) is 41.3 Å². The maximum Gasteiger partial charge on any atom is 0.408 e. The first kappa shape index (κ1) is 31.0. The number of carbonyl (C=O) groups is 2. The second-order valence-electron chi connectivity index (χ2n) is 9.79. The topological polar surface area (TPSA) is 100.0 Å². The van der Waals surface area contributed by atoms with Crippen molar-refractivity contribution in [2.75, 3.05) is 19.8 Å². The van der Waals surface area contributed by atoms with E-state index in [9.17, 15) is 27.6 Å². The Morgan fingerprint density at radius 2 is 1.82 bits per heavy atom. The Kier molecular flexibility index (Phi) is 11.1. The highest BCUT2D eigenvalue weighted by Crippen LogP contribution is 2.25. The molecular formula is C25H34F3N3O6Si. The molecule has 0 unspecified atom stereocenters. The molecule has 38 heavy (non-hydrogen) atoms. The van der Waals surface area contributed by atoms with E-state index in [0.717, 1.165) is 16.3 Å². The van der Waals surface area contributed by atoms with Crippen LogP contribution in [0.3, 0.4) is 0 Å². The summed E-state index contributed by atoms with van der Waals surface area (Å²) in [6, 6.07) is 7.32. The van der Waals surface area contributed by atoms with Crippen LogP contribution in [0.25, 0.3) is 0 Å². The summed E-state index contributed by atoms with van der Waals surface area (Å²) in [6.07, 6.45) is -3.64. The predicted octanol–water partition coefficient (Wildman–Crippen LogP) is 4.09. The Labute approximate surface area is 220 Å². The van der Waals surface area contributed by atoms with Gasteiger partial charge in [-0.3, -0.25) is 14.4 Å². The normalized spacial score (nSPS) is 12.6. The molecule has 2 rings (SSSR count). The molecule has 1 aromatic heterocycles. The van der Waals surface area contributed by atoms with Gasteiger partial charge in [0.05, 0.1) is 12.8 Å². The summed E-state index contributed by atoms with van der Waals surface area (Å²) in [7, 11) is -1.40. The van der Waals surface area contributed by atoms with E-state index < -0.39 is 49.8 Å². The zero-order valence-electron chi connectivity index (χ0n) is 22.2. The summed E-state index contributed by atoms with van der Waals surface area (Å²) in [5, 5.41) is 3.96. The molecule has 0 radical (unpaired) electrons. The molecular weight excluding hydrogens is 523 g/mol. The fourth-order valence-corrected chi connectivity index (χ4v) is 3.89. The highest BCUT2D eigenvalue weighted by Gasteiger charge is 2.44. The SMILES string of the molecule is CCOC(=O)CN(C(=O)c1nn(COCC[Si](C)(C)C)cc(OCc2ccccc2)c1=O)[C@H](C)C(F)(F)F. The summed E-state index contributed by atoms with van der Waals surface area (Å²) in [6.45, 7) is 7.78. The van der Waals surface area contributed by atoms with Gasteiger partial charge in [0, 0.05) is 14.7 Å². The third-order valence-corrected chi connectivity index (χ3v) is 7.10. The predicted molar refractivity (Wildman–Crippen MR) is 137 cm³/mol. The average Bonchev–Trinajstić information content (AvgIpc) is 2.84. The van der Waals surface area contributed by atoms with E-state index >= 15 is 0 Å². The molecule has 1 aromatic carbocycles. The molecule has 9 nitrogen and oxygen atoms in total. The van der Waals surface area contributed by atoms with E-state index in [1.165, 1.54) is 13.1 Å². The van der Waals surface area contributed by atoms with Gasteiger partial charge in [0.1, 0.15) is 25.9 Å². The molecule has 0 aliphatic rings. The average molecular weight is 558 g/mol. The third kappa shape index (κ3) is 9.60. The van der Waals surface area contributed by atoms with E-state index in [1.807, 2.05) is 0 Å². The van der Waals surface area contributed by atoms with Crippen LogP contribution in [-0.4, -0.2) is 66.6 Å². The number of benzene rings is 1. The highest BCUT2D eigenvalue weighted by molar-refractivity contribution is 6.76. The first-order valence-corrected chi connectivity index (χ1v) is 15.8. The molecule has 0 saturated carbocycles. The third-order valence-electron chi connectivity index (χ3n) is 5.40. The van der Waals surface area contributed by atoms with Gasteiger partial charge in [-0.25, -0.2) is 4.68 Å². The van der Waals surface area contributed by atoms with Crippen LogP contribution in [0.5, 0.6) is 5.75 Å². The lowest BCUT2D eigenvalue weighted by atomic mass is 10.2. The van der Waals surface area contributed by atoms with Gasteiger partial charge in [0.2, 0.25) is 0 Å². The van der Waals surface area contributed by atoms with Crippen molar-refractivity contribution in [2.45, 2.75) is 65.1 Å². The van der Waals surface area contributed by atoms with Crippen molar-refractivity contribution in [3.8, 4) is 5.75 Å². The molecule has 210 valence electrons. The van der Waals surface area contributed by atoms with Gasteiger partial charge in [-0.15, -0.1) is 0 Å². The lowest BCUT2D eigenvalue weighted by molar-refractivity contribution is -0.175. The first-order valence-electron chi connectivity index (χ1n) is 12.1. The Morgan fingerprint density at radius 1 is 1.16 bits per heavy atom. The smallest absolute Gasteiger partial charge is 0.408 e. The number of alkyl halides is 3. The molecule has 0 fully saturated rings. The minimum Gasteiger partial charge on any atom is -0.483 e. The summed E-state index contributed by atoms with van der Waals surface area (Å²) in [4.78, 5) is 38.7. The maximum absolute atomic E-state index is 13.6. The number of aromatic nitrogens is 2. The molecule has 0 spiro atoms. The molecule has 2 aromatic rings. The van der Waals surface area contributed by atoms with E-state index in [0.29, 0.717) is 13.5 Å². The summed E-state index contributed by atoms with van der Waals surface area (Å²) < 4.78 is 57.9. The van der Waals surface area contributed by atoms with E-state index in [1.54, 1.807) is 30.3 Å². The number of ether oxygens (including phenoxy) is 3. The lowest BCUT2D eigenvalue weighted by Gasteiger charge is -2.29. The van der Waals surface area contributed by atoms with Gasteiger partial charge in [-0.1, -0.05) is 50.0 Å². The van der Waals surface area contributed by atoms with Crippen LogP contribution in [-0.2, 0) is 27.6 Å². The van der Waals surface area contributed by atoms with Crippen molar-refractivity contribution >= 4 is 20.0 Å². The summed E-state index contributed by atoms with van der Waals surface area (Å²) in [5.74, 6) is -2.73. The van der Waals surface area contributed by atoms with Crippen LogP contribution >= 0.6 is 0 Å². The largest absolute Gasteiger partial charge is 0.483 e. The molecule has 0 saturated heterocycles. The van der Waals surface area contributed by atoms with Crippen LogP contribution < -0.4 is 10.2 Å². The van der Waals surface area contributed by atoms with Gasteiger partial charge in [0.15, 0.2) is 11.4 Å². The number of halogens is 3. The van der Waals surface area contributed by atoms with E-state index in [4.69, 9.17) is 14.2 Å². The number of hydrogen-bond acceptors (Lipinski definition) is 7. The number of esters is 1. The van der Waals surface area contributed by atoms with Crippen molar-refractivity contribution in [1.82, 2.24) is 14.7 Å². The summed E-state index contributed by atoms with van der Waals surface area (Å²) in [5.41, 5.74) is -1.11. The Balaban J connectivity index is 2.44. The molecule has 1 amide bonds. The zero-order valence-corrected chi connectivity index (χ0v) is 23.2. The van der Waals surface area contributed by atoms with E-state index in [2.05, 4.69) is 24.7 Å². The van der Waals surface area contributed by atoms with Crippen LogP contribution in [0.4, 0.5) is 13.2 Å². The molecule has 0 bridgehead atoms. The number of rotatable bonds is 13. The second-order valence-corrected chi connectivity index (χ2v) is 15.4. The Morgan fingerprint density at radius 3 is 2.39 bits per heavy atom. The van der Waals surface area contributed by atoms with Crippen molar-refractivity contribution in [2.24, 2.45) is 0 Å². The number of amides is 1. The molecule has 0 N–H and O–H groups in total. The van der Waals surface area contributed by atoms with Crippen LogP contribution in [0.2, 0.25) is 25.7 Å². The quantitative estimate of drug-likeness (QED) is 0.208. The minimum absolute atomic E-state index is 0.0320. The standard InChI is InChI=1S/C25H34F3N3O6Si/c1-6-36-21(32)15-31(18(2)25(26,27)28)24(34)22-23(33)20(37-16-19-10-8-7-9-11-19)14-30(29-22)17-35-12-13-38(3,4)5/h7-11,14,18H,6,12-13,15-17H2,1-5H3/t18-/m1/s1. The summed E-state index contributed by atoms with van der Waals surface area (Å²) >= 11 is 0.